The molecule has 2 atom stereocenters. The maximum Gasteiger partial charge on any atom is 0.303 e. The SMILES string of the molecule is O=C(O)CCCCCCN1C(=O)CCC1C=CC(O)c1cccc(Br)c1. The largest absolute Gasteiger partial charge is 0.481 e. The number of amides is 1. The number of hydrogen-bond donors (Lipinski definition) is 2. The van der Waals surface area contributed by atoms with Crippen LogP contribution in [0, 0.1) is 0 Å². The number of aliphatic carboxylic acids is 1. The first-order chi connectivity index (χ1) is 12.5. The van der Waals surface area contributed by atoms with Crippen LogP contribution in [0.2, 0.25) is 0 Å². The second-order valence-corrected chi connectivity index (χ2v) is 7.55. The molecule has 6 heteroatoms. The number of benzene rings is 1. The Morgan fingerprint density at radius 1 is 1.31 bits per heavy atom. The zero-order chi connectivity index (χ0) is 18.9. The molecule has 5 nitrogen and oxygen atoms in total. The number of carboxylic acid groups (broad SMARTS) is 1. The topological polar surface area (TPSA) is 77.8 Å². The summed E-state index contributed by atoms with van der Waals surface area (Å²) in [6.45, 7) is 0.688. The monoisotopic (exact) mass is 423 g/mol. The standard InChI is InChI=1S/C20H26BrNO4/c21-16-7-5-6-15(14-16)18(23)11-9-17-10-12-19(24)22(17)13-4-2-1-3-8-20(25)26/h5-7,9,11,14,17-18,23H,1-4,8,10,12-13H2,(H,25,26). The molecule has 2 N–H and O–H groups in total. The zero-order valence-corrected chi connectivity index (χ0v) is 16.4. The van der Waals surface area contributed by atoms with E-state index in [9.17, 15) is 14.7 Å². The fourth-order valence-corrected chi connectivity index (χ4v) is 3.61. The van der Waals surface area contributed by atoms with Crippen LogP contribution in [0.25, 0.3) is 0 Å². The molecule has 0 spiro atoms. The summed E-state index contributed by atoms with van der Waals surface area (Å²) >= 11 is 3.40. The highest BCUT2D eigenvalue weighted by molar-refractivity contribution is 9.10. The first-order valence-corrected chi connectivity index (χ1v) is 9.90. The number of halogens is 1. The zero-order valence-electron chi connectivity index (χ0n) is 14.8. The van der Waals surface area contributed by atoms with E-state index in [1.165, 1.54) is 0 Å². The molecule has 142 valence electrons. The first kappa shape index (κ1) is 20.6. The van der Waals surface area contributed by atoms with Gasteiger partial charge in [-0.15, -0.1) is 0 Å². The van der Waals surface area contributed by atoms with E-state index in [0.717, 1.165) is 35.7 Å². The molecular formula is C20H26BrNO4. The second kappa shape index (κ2) is 10.5. The minimum atomic E-state index is -0.756. The average Bonchev–Trinajstić information content (AvgIpc) is 2.95. The fraction of sp³-hybridized carbons (Fsp3) is 0.500. The molecule has 1 aliphatic heterocycles. The number of carbonyl (C=O) groups is 2. The van der Waals surface area contributed by atoms with E-state index in [2.05, 4.69) is 15.9 Å². The molecule has 0 radical (unpaired) electrons. The Hall–Kier alpha value is -1.66. The quantitative estimate of drug-likeness (QED) is 0.439. The third-order valence-electron chi connectivity index (χ3n) is 4.62. The van der Waals surface area contributed by atoms with E-state index in [1.54, 1.807) is 6.08 Å². The highest BCUT2D eigenvalue weighted by atomic mass is 79.9. The van der Waals surface area contributed by atoms with Gasteiger partial charge in [-0.1, -0.05) is 53.1 Å². The van der Waals surface area contributed by atoms with Gasteiger partial charge in [0.25, 0.3) is 0 Å². The maximum absolute atomic E-state index is 12.1. The summed E-state index contributed by atoms with van der Waals surface area (Å²) in [5, 5.41) is 18.9. The number of carbonyl (C=O) groups excluding carboxylic acids is 1. The summed E-state index contributed by atoms with van der Waals surface area (Å²) in [7, 11) is 0. The van der Waals surface area contributed by atoms with Crippen molar-refractivity contribution in [3.8, 4) is 0 Å². The summed E-state index contributed by atoms with van der Waals surface area (Å²) in [6, 6.07) is 7.57. The number of aliphatic hydroxyl groups is 1. The van der Waals surface area contributed by atoms with Crippen LogP contribution in [0.3, 0.4) is 0 Å². The maximum atomic E-state index is 12.1. The molecule has 26 heavy (non-hydrogen) atoms. The molecule has 1 amide bonds. The molecule has 0 bridgehead atoms. The van der Waals surface area contributed by atoms with Gasteiger partial charge in [0, 0.05) is 23.9 Å². The number of rotatable bonds is 10. The van der Waals surface area contributed by atoms with Crippen molar-refractivity contribution in [2.75, 3.05) is 6.54 Å². The van der Waals surface area contributed by atoms with Crippen LogP contribution in [0.5, 0.6) is 0 Å². The van der Waals surface area contributed by atoms with Gasteiger partial charge in [-0.3, -0.25) is 9.59 Å². The van der Waals surface area contributed by atoms with Gasteiger partial charge in [0.15, 0.2) is 0 Å². The number of nitrogens with zero attached hydrogens (tertiary/aromatic N) is 1. The number of unbranched alkanes of at least 4 members (excludes halogenated alkanes) is 3. The van der Waals surface area contributed by atoms with Crippen molar-refractivity contribution < 1.29 is 19.8 Å². The number of likely N-dealkylation sites (tertiary alicyclic amines) is 1. The Kier molecular flexibility index (Phi) is 8.32. The van der Waals surface area contributed by atoms with Gasteiger partial charge in [-0.05, 0) is 37.0 Å². The van der Waals surface area contributed by atoms with E-state index < -0.39 is 12.1 Å². The Bertz CT molecular complexity index is 646. The van der Waals surface area contributed by atoms with Crippen LogP contribution in [0.15, 0.2) is 40.9 Å². The lowest BCUT2D eigenvalue weighted by Crippen LogP contribution is -2.32. The van der Waals surface area contributed by atoms with Gasteiger partial charge in [0.05, 0.1) is 12.1 Å². The van der Waals surface area contributed by atoms with Gasteiger partial charge in [0.1, 0.15) is 0 Å². The third-order valence-corrected chi connectivity index (χ3v) is 5.11. The van der Waals surface area contributed by atoms with Gasteiger partial charge in [-0.25, -0.2) is 0 Å². The van der Waals surface area contributed by atoms with Crippen molar-refractivity contribution in [3.05, 3.63) is 46.5 Å². The lowest BCUT2D eigenvalue weighted by Gasteiger charge is -2.22. The van der Waals surface area contributed by atoms with Gasteiger partial charge in [0.2, 0.25) is 5.91 Å². The van der Waals surface area contributed by atoms with E-state index in [-0.39, 0.29) is 18.4 Å². The van der Waals surface area contributed by atoms with E-state index in [4.69, 9.17) is 5.11 Å². The van der Waals surface area contributed by atoms with Gasteiger partial charge >= 0.3 is 5.97 Å². The number of aliphatic hydroxyl groups excluding tert-OH is 1. The third kappa shape index (κ3) is 6.57. The van der Waals surface area contributed by atoms with Crippen LogP contribution in [0.4, 0.5) is 0 Å². The molecule has 2 rings (SSSR count). The second-order valence-electron chi connectivity index (χ2n) is 6.64. The molecular weight excluding hydrogens is 398 g/mol. The first-order valence-electron chi connectivity index (χ1n) is 9.10. The van der Waals surface area contributed by atoms with Crippen LogP contribution >= 0.6 is 15.9 Å². The van der Waals surface area contributed by atoms with Gasteiger partial charge in [-0.2, -0.15) is 0 Å². The van der Waals surface area contributed by atoms with Crippen LogP contribution in [-0.2, 0) is 9.59 Å². The molecule has 1 aliphatic rings. The molecule has 1 fully saturated rings. The summed E-state index contributed by atoms with van der Waals surface area (Å²) in [4.78, 5) is 24.5. The highest BCUT2D eigenvalue weighted by Crippen LogP contribution is 2.24. The van der Waals surface area contributed by atoms with Crippen molar-refractivity contribution in [3.63, 3.8) is 0 Å². The van der Waals surface area contributed by atoms with Crippen LogP contribution < -0.4 is 0 Å². The van der Waals surface area contributed by atoms with Crippen molar-refractivity contribution in [2.24, 2.45) is 0 Å². The molecule has 0 aromatic heterocycles. The number of carboxylic acids is 1. The summed E-state index contributed by atoms with van der Waals surface area (Å²) in [6.07, 6.45) is 7.88. The fourth-order valence-electron chi connectivity index (χ4n) is 3.19. The smallest absolute Gasteiger partial charge is 0.303 e. The van der Waals surface area contributed by atoms with E-state index >= 15 is 0 Å². The molecule has 2 unspecified atom stereocenters. The summed E-state index contributed by atoms with van der Waals surface area (Å²) < 4.78 is 0.919. The van der Waals surface area contributed by atoms with Crippen molar-refractivity contribution in [2.45, 2.75) is 57.1 Å². The van der Waals surface area contributed by atoms with Crippen molar-refractivity contribution >= 4 is 27.8 Å². The molecule has 0 aliphatic carbocycles. The minimum Gasteiger partial charge on any atom is -0.481 e. The predicted molar refractivity (Wildman–Crippen MR) is 104 cm³/mol. The molecule has 1 aromatic rings. The molecule has 1 saturated heterocycles. The Balaban J connectivity index is 1.81. The van der Waals surface area contributed by atoms with Crippen LogP contribution in [0.1, 0.15) is 56.6 Å². The summed E-state index contributed by atoms with van der Waals surface area (Å²) in [5.74, 6) is -0.601. The van der Waals surface area contributed by atoms with Crippen molar-refractivity contribution in [1.29, 1.82) is 0 Å². The van der Waals surface area contributed by atoms with Crippen molar-refractivity contribution in [1.82, 2.24) is 4.90 Å². The predicted octanol–water partition coefficient (Wildman–Crippen LogP) is 4.06. The van der Waals surface area contributed by atoms with E-state index in [1.807, 2.05) is 35.2 Å². The highest BCUT2D eigenvalue weighted by Gasteiger charge is 2.28. The van der Waals surface area contributed by atoms with Crippen LogP contribution in [-0.4, -0.2) is 39.6 Å². The molecule has 0 saturated carbocycles. The van der Waals surface area contributed by atoms with E-state index in [0.29, 0.717) is 19.4 Å². The lowest BCUT2D eigenvalue weighted by molar-refractivity contribution is -0.137. The molecule has 1 heterocycles. The Labute approximate surface area is 162 Å². The normalized spacial score (nSPS) is 18.6. The molecule has 1 aromatic carbocycles. The number of hydrogen-bond acceptors (Lipinski definition) is 3. The average molecular weight is 424 g/mol. The lowest BCUT2D eigenvalue weighted by atomic mass is 10.1. The summed E-state index contributed by atoms with van der Waals surface area (Å²) in [5.41, 5.74) is 0.810. The minimum absolute atomic E-state index is 0.0309. The Morgan fingerprint density at radius 2 is 2.08 bits per heavy atom. The van der Waals surface area contributed by atoms with Gasteiger partial charge < -0.3 is 15.1 Å². The Morgan fingerprint density at radius 3 is 2.81 bits per heavy atom.